The Labute approximate surface area is 73.6 Å². The standard InChI is InChI=1S/C8H6ClFN2/c1-12-3-2-6-8(12)7(9)5(10)4-11-6/h2-4H,1H3. The van der Waals surface area contributed by atoms with Gasteiger partial charge >= 0.3 is 0 Å². The highest BCUT2D eigenvalue weighted by molar-refractivity contribution is 6.35. The number of rotatable bonds is 0. The molecule has 0 amide bonds. The highest BCUT2D eigenvalue weighted by atomic mass is 35.5. The van der Waals surface area contributed by atoms with Crippen LogP contribution in [0.1, 0.15) is 0 Å². The first kappa shape index (κ1) is 7.55. The predicted octanol–water partition coefficient (Wildman–Crippen LogP) is 2.37. The Bertz CT molecular complexity index is 436. The molecule has 0 N–H and O–H groups in total. The number of hydrogen-bond donors (Lipinski definition) is 0. The van der Waals surface area contributed by atoms with Gasteiger partial charge in [-0.3, -0.25) is 4.98 Å². The van der Waals surface area contributed by atoms with Crippen LogP contribution in [0.5, 0.6) is 0 Å². The van der Waals surface area contributed by atoms with Gasteiger partial charge in [0.25, 0.3) is 0 Å². The van der Waals surface area contributed by atoms with Crippen molar-refractivity contribution in [2.24, 2.45) is 7.05 Å². The average molecular weight is 185 g/mol. The summed E-state index contributed by atoms with van der Waals surface area (Å²) in [6, 6.07) is 1.79. The van der Waals surface area contributed by atoms with Crippen LogP contribution >= 0.6 is 11.6 Å². The Kier molecular flexibility index (Phi) is 1.54. The van der Waals surface area contributed by atoms with Crippen LogP contribution in [0.3, 0.4) is 0 Å². The third-order valence-electron chi connectivity index (χ3n) is 1.79. The van der Waals surface area contributed by atoms with Crippen molar-refractivity contribution in [1.82, 2.24) is 9.55 Å². The lowest BCUT2D eigenvalue weighted by Gasteiger charge is -1.98. The van der Waals surface area contributed by atoms with Gasteiger partial charge in [-0.2, -0.15) is 0 Å². The van der Waals surface area contributed by atoms with Crippen molar-refractivity contribution in [3.8, 4) is 0 Å². The Morgan fingerprint density at radius 3 is 3.08 bits per heavy atom. The molecule has 0 radical (unpaired) electrons. The highest BCUT2D eigenvalue weighted by Gasteiger charge is 2.08. The van der Waals surface area contributed by atoms with E-state index in [-0.39, 0.29) is 5.02 Å². The summed E-state index contributed by atoms with van der Waals surface area (Å²) in [6.45, 7) is 0. The monoisotopic (exact) mass is 184 g/mol. The third kappa shape index (κ3) is 0.898. The molecule has 2 aromatic heterocycles. The molecule has 0 aliphatic heterocycles. The summed E-state index contributed by atoms with van der Waals surface area (Å²) in [6.07, 6.45) is 2.92. The van der Waals surface area contributed by atoms with Crippen LogP contribution in [0, 0.1) is 5.82 Å². The second kappa shape index (κ2) is 2.45. The summed E-state index contributed by atoms with van der Waals surface area (Å²) in [4.78, 5) is 3.88. The van der Waals surface area contributed by atoms with Crippen molar-refractivity contribution in [3.05, 3.63) is 29.3 Å². The molecule has 0 saturated carbocycles. The first-order valence-electron chi connectivity index (χ1n) is 3.45. The van der Waals surface area contributed by atoms with Crippen molar-refractivity contribution in [1.29, 1.82) is 0 Å². The fourth-order valence-electron chi connectivity index (χ4n) is 1.18. The van der Waals surface area contributed by atoms with Crippen molar-refractivity contribution in [2.45, 2.75) is 0 Å². The SMILES string of the molecule is Cn1ccc2ncc(F)c(Cl)c21. The molecule has 0 aliphatic carbocycles. The van der Waals surface area contributed by atoms with Gasteiger partial charge in [0.1, 0.15) is 5.02 Å². The van der Waals surface area contributed by atoms with Crippen molar-refractivity contribution in [2.75, 3.05) is 0 Å². The molecule has 0 aliphatic rings. The van der Waals surface area contributed by atoms with Crippen LogP contribution in [0.4, 0.5) is 4.39 Å². The lowest BCUT2D eigenvalue weighted by molar-refractivity contribution is 0.624. The molecule has 2 rings (SSSR count). The smallest absolute Gasteiger partial charge is 0.162 e. The van der Waals surface area contributed by atoms with Gasteiger partial charge in [0, 0.05) is 13.2 Å². The third-order valence-corrected chi connectivity index (χ3v) is 2.15. The minimum atomic E-state index is -0.481. The van der Waals surface area contributed by atoms with E-state index in [4.69, 9.17) is 11.6 Å². The molecule has 2 aromatic rings. The van der Waals surface area contributed by atoms with E-state index in [0.717, 1.165) is 6.20 Å². The van der Waals surface area contributed by atoms with E-state index in [1.165, 1.54) is 0 Å². The molecule has 4 heteroatoms. The molecule has 0 bridgehead atoms. The zero-order valence-corrected chi connectivity index (χ0v) is 7.14. The molecule has 0 aromatic carbocycles. The van der Waals surface area contributed by atoms with E-state index < -0.39 is 5.82 Å². The summed E-state index contributed by atoms with van der Waals surface area (Å²) in [5.41, 5.74) is 1.35. The Morgan fingerprint density at radius 2 is 2.33 bits per heavy atom. The predicted molar refractivity (Wildman–Crippen MR) is 45.7 cm³/mol. The minimum absolute atomic E-state index is 0.132. The van der Waals surface area contributed by atoms with Crippen molar-refractivity contribution < 1.29 is 4.39 Å². The molecule has 62 valence electrons. The molecule has 0 atom stereocenters. The molecule has 12 heavy (non-hydrogen) atoms. The summed E-state index contributed by atoms with van der Waals surface area (Å²) in [5.74, 6) is -0.481. The zero-order chi connectivity index (χ0) is 8.72. The highest BCUT2D eigenvalue weighted by Crippen LogP contribution is 2.24. The largest absolute Gasteiger partial charge is 0.348 e. The number of aromatic nitrogens is 2. The first-order valence-corrected chi connectivity index (χ1v) is 3.83. The van der Waals surface area contributed by atoms with Gasteiger partial charge in [-0.15, -0.1) is 0 Å². The van der Waals surface area contributed by atoms with Crippen molar-refractivity contribution in [3.63, 3.8) is 0 Å². The van der Waals surface area contributed by atoms with E-state index in [0.29, 0.717) is 11.0 Å². The fourth-order valence-corrected chi connectivity index (χ4v) is 1.46. The lowest BCUT2D eigenvalue weighted by Crippen LogP contribution is -1.89. The van der Waals surface area contributed by atoms with Gasteiger partial charge in [0.15, 0.2) is 5.82 Å². The van der Waals surface area contributed by atoms with Gasteiger partial charge in [-0.05, 0) is 6.07 Å². The second-order valence-electron chi connectivity index (χ2n) is 2.58. The number of aryl methyl sites for hydroxylation is 1. The van der Waals surface area contributed by atoms with Crippen LogP contribution in [0.2, 0.25) is 5.02 Å². The molecule has 2 heterocycles. The quantitative estimate of drug-likeness (QED) is 0.615. The van der Waals surface area contributed by atoms with E-state index in [2.05, 4.69) is 4.98 Å². The van der Waals surface area contributed by atoms with Crippen LogP contribution in [-0.2, 0) is 7.05 Å². The van der Waals surface area contributed by atoms with Crippen molar-refractivity contribution >= 4 is 22.6 Å². The Morgan fingerprint density at radius 1 is 1.58 bits per heavy atom. The Balaban J connectivity index is 2.96. The first-order chi connectivity index (χ1) is 5.70. The summed E-state index contributed by atoms with van der Waals surface area (Å²) < 4.78 is 14.6. The molecule has 0 saturated heterocycles. The maximum atomic E-state index is 12.9. The van der Waals surface area contributed by atoms with Gasteiger partial charge in [-0.1, -0.05) is 11.6 Å². The topological polar surface area (TPSA) is 17.8 Å². The summed E-state index contributed by atoms with van der Waals surface area (Å²) in [7, 11) is 1.80. The Hall–Kier alpha value is -1.09. The molecular formula is C8H6ClFN2. The molecule has 2 nitrogen and oxygen atoms in total. The van der Waals surface area contributed by atoms with E-state index >= 15 is 0 Å². The van der Waals surface area contributed by atoms with Crippen LogP contribution in [0.15, 0.2) is 18.5 Å². The number of fused-ring (bicyclic) bond motifs is 1. The molecular weight excluding hydrogens is 179 g/mol. The normalized spacial score (nSPS) is 10.9. The zero-order valence-electron chi connectivity index (χ0n) is 6.38. The maximum Gasteiger partial charge on any atom is 0.162 e. The van der Waals surface area contributed by atoms with E-state index in [9.17, 15) is 4.39 Å². The van der Waals surface area contributed by atoms with Crippen LogP contribution in [0.25, 0.3) is 11.0 Å². The summed E-state index contributed by atoms with van der Waals surface area (Å²) >= 11 is 5.74. The number of halogens is 2. The van der Waals surface area contributed by atoms with E-state index in [1.54, 1.807) is 23.9 Å². The number of pyridine rings is 1. The van der Waals surface area contributed by atoms with Gasteiger partial charge in [0.2, 0.25) is 0 Å². The van der Waals surface area contributed by atoms with Gasteiger partial charge < -0.3 is 4.57 Å². The summed E-state index contributed by atoms with van der Waals surface area (Å²) in [5, 5.41) is 0.132. The number of nitrogens with zero attached hydrogens (tertiary/aromatic N) is 2. The molecule has 0 fully saturated rings. The maximum absolute atomic E-state index is 12.9. The number of hydrogen-bond acceptors (Lipinski definition) is 1. The minimum Gasteiger partial charge on any atom is -0.348 e. The van der Waals surface area contributed by atoms with Gasteiger partial charge in [0.05, 0.1) is 17.2 Å². The van der Waals surface area contributed by atoms with Crippen LogP contribution < -0.4 is 0 Å². The van der Waals surface area contributed by atoms with Crippen LogP contribution in [-0.4, -0.2) is 9.55 Å². The second-order valence-corrected chi connectivity index (χ2v) is 2.96. The lowest BCUT2D eigenvalue weighted by atomic mass is 10.4. The average Bonchev–Trinajstić information content (AvgIpc) is 2.41. The molecule has 0 unspecified atom stereocenters. The molecule has 0 spiro atoms. The van der Waals surface area contributed by atoms with Gasteiger partial charge in [-0.25, -0.2) is 4.39 Å². The van der Waals surface area contributed by atoms with E-state index in [1.807, 2.05) is 0 Å². The fraction of sp³-hybridized carbons (Fsp3) is 0.125.